The van der Waals surface area contributed by atoms with E-state index in [9.17, 15) is 0 Å². The molecule has 2 aliphatic rings. The van der Waals surface area contributed by atoms with Crippen molar-refractivity contribution in [1.82, 2.24) is 14.9 Å². The lowest BCUT2D eigenvalue weighted by atomic mass is 10.1. The van der Waals surface area contributed by atoms with Crippen LogP contribution in [0, 0.1) is 0 Å². The number of anilines is 2. The smallest absolute Gasteiger partial charge is 0.129 e. The third-order valence-corrected chi connectivity index (χ3v) is 6.74. The SMILES string of the molecule is CC(C)N1C[C@@H]2C[C@H]1CN2c1cc(-c2ccnc(N[C@@H](C)c3ccccc3)c2)ccn1. The first kappa shape index (κ1) is 20.0. The van der Waals surface area contributed by atoms with E-state index in [2.05, 4.69) is 89.4 Å². The molecule has 2 aromatic heterocycles. The van der Waals surface area contributed by atoms with Crippen molar-refractivity contribution in [3.8, 4) is 11.1 Å². The van der Waals surface area contributed by atoms with Crippen LogP contribution in [0.5, 0.6) is 0 Å². The van der Waals surface area contributed by atoms with Gasteiger partial charge in [0.15, 0.2) is 0 Å². The van der Waals surface area contributed by atoms with Gasteiger partial charge >= 0.3 is 0 Å². The molecule has 2 fully saturated rings. The first-order valence-corrected chi connectivity index (χ1v) is 11.3. The van der Waals surface area contributed by atoms with E-state index >= 15 is 0 Å². The maximum atomic E-state index is 4.72. The summed E-state index contributed by atoms with van der Waals surface area (Å²) in [6, 6.07) is 21.1. The van der Waals surface area contributed by atoms with E-state index < -0.39 is 0 Å². The topological polar surface area (TPSA) is 44.3 Å². The van der Waals surface area contributed by atoms with Crippen LogP contribution in [-0.4, -0.2) is 46.1 Å². The average Bonchev–Trinajstić information content (AvgIpc) is 3.41. The van der Waals surface area contributed by atoms with Crippen molar-refractivity contribution >= 4 is 11.6 Å². The third kappa shape index (κ3) is 4.02. The molecule has 0 amide bonds. The summed E-state index contributed by atoms with van der Waals surface area (Å²) in [5.74, 6) is 1.98. The molecule has 31 heavy (non-hydrogen) atoms. The van der Waals surface area contributed by atoms with Gasteiger partial charge in [-0.25, -0.2) is 9.97 Å². The number of rotatable bonds is 6. The largest absolute Gasteiger partial charge is 0.364 e. The monoisotopic (exact) mass is 413 g/mol. The molecule has 5 rings (SSSR count). The van der Waals surface area contributed by atoms with Crippen LogP contribution in [0.2, 0.25) is 0 Å². The number of nitrogens with one attached hydrogen (secondary N) is 1. The van der Waals surface area contributed by atoms with Gasteiger partial charge < -0.3 is 10.2 Å². The molecule has 160 valence electrons. The van der Waals surface area contributed by atoms with E-state index in [0.717, 1.165) is 30.3 Å². The summed E-state index contributed by atoms with van der Waals surface area (Å²) in [4.78, 5) is 14.4. The summed E-state index contributed by atoms with van der Waals surface area (Å²) in [6.45, 7) is 9.00. The van der Waals surface area contributed by atoms with Crippen LogP contribution >= 0.6 is 0 Å². The number of hydrogen-bond donors (Lipinski definition) is 1. The molecule has 0 radical (unpaired) electrons. The van der Waals surface area contributed by atoms with Gasteiger partial charge in [0.1, 0.15) is 11.6 Å². The molecule has 5 heteroatoms. The molecule has 1 aromatic carbocycles. The molecule has 0 aliphatic carbocycles. The van der Waals surface area contributed by atoms with Crippen molar-refractivity contribution in [3.63, 3.8) is 0 Å². The molecule has 0 saturated carbocycles. The van der Waals surface area contributed by atoms with Gasteiger partial charge in [-0.3, -0.25) is 4.90 Å². The van der Waals surface area contributed by atoms with Gasteiger partial charge in [-0.05, 0) is 68.1 Å². The molecule has 3 aromatic rings. The molecule has 1 N–H and O–H groups in total. The molecular weight excluding hydrogens is 382 g/mol. The Kier molecular flexibility index (Phi) is 5.36. The Morgan fingerprint density at radius 2 is 1.61 bits per heavy atom. The number of benzene rings is 1. The van der Waals surface area contributed by atoms with Gasteiger partial charge in [-0.1, -0.05) is 30.3 Å². The molecular formula is C26H31N5. The average molecular weight is 414 g/mol. The van der Waals surface area contributed by atoms with Gasteiger partial charge in [0.2, 0.25) is 0 Å². The van der Waals surface area contributed by atoms with E-state index in [1.807, 2.05) is 18.5 Å². The summed E-state index contributed by atoms with van der Waals surface area (Å²) in [5.41, 5.74) is 3.60. The molecule has 2 aliphatic heterocycles. The lowest BCUT2D eigenvalue weighted by Gasteiger charge is -2.37. The fourth-order valence-electron chi connectivity index (χ4n) is 5.10. The van der Waals surface area contributed by atoms with Gasteiger partial charge in [0.05, 0.1) is 0 Å². The minimum atomic E-state index is 0.195. The van der Waals surface area contributed by atoms with Crippen LogP contribution in [0.15, 0.2) is 67.0 Å². The number of fused-ring (bicyclic) bond motifs is 2. The fraction of sp³-hybridized carbons (Fsp3) is 0.385. The summed E-state index contributed by atoms with van der Waals surface area (Å²) < 4.78 is 0. The number of pyridine rings is 2. The number of nitrogens with zero attached hydrogens (tertiary/aromatic N) is 4. The molecule has 4 heterocycles. The Balaban J connectivity index is 1.33. The van der Waals surface area contributed by atoms with Crippen molar-refractivity contribution in [2.45, 2.75) is 51.4 Å². The van der Waals surface area contributed by atoms with Crippen LogP contribution in [0.3, 0.4) is 0 Å². The maximum absolute atomic E-state index is 4.72. The first-order valence-electron chi connectivity index (χ1n) is 11.3. The predicted octanol–water partition coefficient (Wildman–Crippen LogP) is 4.99. The van der Waals surface area contributed by atoms with E-state index in [-0.39, 0.29) is 6.04 Å². The summed E-state index contributed by atoms with van der Waals surface area (Å²) >= 11 is 0. The molecule has 2 saturated heterocycles. The normalized spacial score (nSPS) is 21.6. The zero-order valence-electron chi connectivity index (χ0n) is 18.6. The van der Waals surface area contributed by atoms with E-state index in [0.29, 0.717) is 18.1 Å². The number of piperazine rings is 1. The van der Waals surface area contributed by atoms with Crippen LogP contribution in [0.4, 0.5) is 11.6 Å². The minimum Gasteiger partial charge on any atom is -0.364 e. The zero-order chi connectivity index (χ0) is 21.4. The van der Waals surface area contributed by atoms with Gasteiger partial charge in [0, 0.05) is 49.7 Å². The Morgan fingerprint density at radius 3 is 2.32 bits per heavy atom. The molecule has 5 nitrogen and oxygen atoms in total. The maximum Gasteiger partial charge on any atom is 0.129 e. The number of hydrogen-bond acceptors (Lipinski definition) is 5. The van der Waals surface area contributed by atoms with Crippen LogP contribution in [0.1, 0.15) is 38.8 Å². The second kappa shape index (κ2) is 8.31. The first-order chi connectivity index (χ1) is 15.1. The van der Waals surface area contributed by atoms with Crippen LogP contribution < -0.4 is 10.2 Å². The fourth-order valence-corrected chi connectivity index (χ4v) is 5.10. The highest BCUT2D eigenvalue weighted by Gasteiger charge is 2.44. The van der Waals surface area contributed by atoms with Gasteiger partial charge in [-0.15, -0.1) is 0 Å². The Bertz CT molecular complexity index is 1030. The minimum absolute atomic E-state index is 0.195. The Hall–Kier alpha value is -2.92. The Labute approximate surface area is 185 Å². The van der Waals surface area contributed by atoms with E-state index in [4.69, 9.17) is 4.98 Å². The predicted molar refractivity (Wildman–Crippen MR) is 127 cm³/mol. The van der Waals surface area contributed by atoms with Crippen LogP contribution in [-0.2, 0) is 0 Å². The van der Waals surface area contributed by atoms with Crippen molar-refractivity contribution < 1.29 is 0 Å². The zero-order valence-corrected chi connectivity index (χ0v) is 18.6. The summed E-state index contributed by atoms with van der Waals surface area (Å²) in [5, 5.41) is 3.53. The summed E-state index contributed by atoms with van der Waals surface area (Å²) in [6.07, 6.45) is 5.08. The molecule has 0 unspecified atom stereocenters. The Morgan fingerprint density at radius 1 is 0.871 bits per heavy atom. The lowest BCUT2D eigenvalue weighted by Crippen LogP contribution is -2.49. The van der Waals surface area contributed by atoms with Crippen molar-refractivity contribution in [2.75, 3.05) is 23.3 Å². The van der Waals surface area contributed by atoms with Gasteiger partial charge in [0.25, 0.3) is 0 Å². The lowest BCUT2D eigenvalue weighted by molar-refractivity contribution is 0.191. The highest BCUT2D eigenvalue weighted by Crippen LogP contribution is 2.36. The standard InChI is InChI=1S/C26H31N5/c1-18(2)30-16-24-15-23(30)17-31(24)26-14-22(10-12-28-26)21-9-11-27-25(13-21)29-19(3)20-7-5-4-6-8-20/h4-14,18-19,23-24H,15-17H2,1-3H3,(H,27,29)/t19-,23-,24-/m0/s1. The second-order valence-corrected chi connectivity index (χ2v) is 9.10. The number of likely N-dealkylation sites (tertiary alicyclic amines) is 1. The third-order valence-electron chi connectivity index (χ3n) is 6.74. The van der Waals surface area contributed by atoms with Crippen molar-refractivity contribution in [2.24, 2.45) is 0 Å². The quantitative estimate of drug-likeness (QED) is 0.617. The van der Waals surface area contributed by atoms with Crippen LogP contribution in [0.25, 0.3) is 11.1 Å². The number of aromatic nitrogens is 2. The van der Waals surface area contributed by atoms with Crippen molar-refractivity contribution in [1.29, 1.82) is 0 Å². The second-order valence-electron chi connectivity index (χ2n) is 9.10. The summed E-state index contributed by atoms with van der Waals surface area (Å²) in [7, 11) is 0. The van der Waals surface area contributed by atoms with E-state index in [1.54, 1.807) is 0 Å². The molecule has 2 bridgehead atoms. The van der Waals surface area contributed by atoms with Gasteiger partial charge in [-0.2, -0.15) is 0 Å². The highest BCUT2D eigenvalue weighted by atomic mass is 15.4. The van der Waals surface area contributed by atoms with Crippen molar-refractivity contribution in [3.05, 3.63) is 72.6 Å². The molecule has 0 spiro atoms. The highest BCUT2D eigenvalue weighted by molar-refractivity contribution is 5.69. The van der Waals surface area contributed by atoms with E-state index in [1.165, 1.54) is 17.5 Å². The molecule has 3 atom stereocenters.